The van der Waals surface area contributed by atoms with Crippen molar-refractivity contribution in [1.82, 2.24) is 9.97 Å². The Balaban J connectivity index is 0.00000225. The van der Waals surface area contributed by atoms with Gasteiger partial charge in [0.2, 0.25) is 0 Å². The normalized spacial score (nSPS) is 11.0. The lowest BCUT2D eigenvalue weighted by Crippen LogP contribution is -2.22. The lowest BCUT2D eigenvalue weighted by molar-refractivity contribution is 1.06. The molecule has 2 aromatic heterocycles. The van der Waals surface area contributed by atoms with Gasteiger partial charge in [-0.2, -0.15) is 5.26 Å². The van der Waals surface area contributed by atoms with Crippen LogP contribution >= 0.6 is 23.7 Å². The standard InChI is InChI=1S/C20H16N6S.ClH/c21-9-14-6-7-17-15(8-14)16(11-23-17)18-12-27-20(25-18)26-19(22)24-10-13-4-2-1-3-5-13;/h1-8,11-12,23H,10H2,(H3,22,24,25,26);1H. The van der Waals surface area contributed by atoms with Crippen LogP contribution in [0.4, 0.5) is 5.13 Å². The van der Waals surface area contributed by atoms with Gasteiger partial charge < -0.3 is 16.0 Å². The quantitative estimate of drug-likeness (QED) is 0.341. The Labute approximate surface area is 172 Å². The number of thiazole rings is 1. The molecule has 2 aromatic carbocycles. The largest absolute Gasteiger partial charge is 0.370 e. The number of H-pyrrole nitrogens is 1. The molecule has 0 fully saturated rings. The number of hydrogen-bond donors (Lipinski definition) is 3. The van der Waals surface area contributed by atoms with Crippen LogP contribution in [0.15, 0.2) is 65.1 Å². The van der Waals surface area contributed by atoms with Crippen LogP contribution in [-0.4, -0.2) is 15.9 Å². The number of aromatic amines is 1. The van der Waals surface area contributed by atoms with Crippen LogP contribution in [0.1, 0.15) is 11.1 Å². The number of rotatable bonds is 4. The van der Waals surface area contributed by atoms with Crippen molar-refractivity contribution in [2.75, 3.05) is 5.32 Å². The second kappa shape index (κ2) is 8.57. The lowest BCUT2D eigenvalue weighted by atomic mass is 10.1. The monoisotopic (exact) mass is 408 g/mol. The van der Waals surface area contributed by atoms with Crippen LogP contribution in [0.5, 0.6) is 0 Å². The number of nitrogens with one attached hydrogen (secondary N) is 2. The van der Waals surface area contributed by atoms with Crippen molar-refractivity contribution in [2.45, 2.75) is 6.54 Å². The molecule has 0 saturated carbocycles. The molecule has 0 unspecified atom stereocenters. The van der Waals surface area contributed by atoms with Gasteiger partial charge in [-0.25, -0.2) is 9.98 Å². The Morgan fingerprint density at radius 2 is 2.07 bits per heavy atom. The van der Waals surface area contributed by atoms with E-state index in [1.807, 2.05) is 54.0 Å². The third kappa shape index (κ3) is 4.14. The molecule has 140 valence electrons. The van der Waals surface area contributed by atoms with Crippen LogP contribution < -0.4 is 11.1 Å². The number of anilines is 1. The van der Waals surface area contributed by atoms with E-state index in [0.717, 1.165) is 27.7 Å². The number of nitriles is 1. The Kier molecular flexibility index (Phi) is 5.94. The first-order valence-corrected chi connectivity index (χ1v) is 9.19. The molecular weight excluding hydrogens is 392 g/mol. The summed E-state index contributed by atoms with van der Waals surface area (Å²) in [5, 5.41) is 15.8. The van der Waals surface area contributed by atoms with Crippen molar-refractivity contribution >= 4 is 45.7 Å². The SMILES string of the molecule is Cl.N#Cc1ccc2[nH]cc(-c3csc(NC(N)=NCc4ccccc4)n3)c2c1. The summed E-state index contributed by atoms with van der Waals surface area (Å²) in [5.74, 6) is 0.324. The Morgan fingerprint density at radius 3 is 2.86 bits per heavy atom. The van der Waals surface area contributed by atoms with Gasteiger partial charge >= 0.3 is 0 Å². The van der Waals surface area contributed by atoms with Gasteiger partial charge in [-0.3, -0.25) is 0 Å². The fraction of sp³-hybridized carbons (Fsp3) is 0.0500. The van der Waals surface area contributed by atoms with E-state index >= 15 is 0 Å². The van der Waals surface area contributed by atoms with Crippen molar-refractivity contribution in [1.29, 1.82) is 5.26 Å². The molecular formula is C20H17ClN6S. The Bertz CT molecular complexity index is 1160. The van der Waals surface area contributed by atoms with E-state index in [9.17, 15) is 0 Å². The van der Waals surface area contributed by atoms with Gasteiger partial charge in [0.25, 0.3) is 0 Å². The van der Waals surface area contributed by atoms with Crippen LogP contribution in [0.3, 0.4) is 0 Å². The third-order valence-electron chi connectivity index (χ3n) is 4.10. The van der Waals surface area contributed by atoms with Gasteiger partial charge in [-0.15, -0.1) is 23.7 Å². The Hall–Kier alpha value is -3.34. The number of fused-ring (bicyclic) bond motifs is 1. The van der Waals surface area contributed by atoms with E-state index < -0.39 is 0 Å². The summed E-state index contributed by atoms with van der Waals surface area (Å²) in [7, 11) is 0. The zero-order chi connectivity index (χ0) is 18.6. The van der Waals surface area contributed by atoms with Crippen LogP contribution in [0.2, 0.25) is 0 Å². The maximum atomic E-state index is 9.12. The summed E-state index contributed by atoms with van der Waals surface area (Å²) in [6.45, 7) is 0.511. The molecule has 0 spiro atoms. The number of aromatic nitrogens is 2. The number of aliphatic imine (C=N–C) groups is 1. The Morgan fingerprint density at radius 1 is 1.25 bits per heavy atom. The average molecular weight is 409 g/mol. The minimum atomic E-state index is 0. The first-order valence-electron chi connectivity index (χ1n) is 8.31. The summed E-state index contributed by atoms with van der Waals surface area (Å²) >= 11 is 1.45. The van der Waals surface area contributed by atoms with Crippen molar-refractivity contribution < 1.29 is 0 Å². The third-order valence-corrected chi connectivity index (χ3v) is 4.86. The molecule has 0 atom stereocenters. The number of hydrogen-bond acceptors (Lipinski definition) is 4. The number of nitrogens with zero attached hydrogens (tertiary/aromatic N) is 3. The smallest absolute Gasteiger partial charge is 0.195 e. The van der Waals surface area contributed by atoms with Gasteiger partial charge in [-0.05, 0) is 23.8 Å². The predicted molar refractivity (Wildman–Crippen MR) is 117 cm³/mol. The minimum Gasteiger partial charge on any atom is -0.370 e. The molecule has 0 amide bonds. The van der Waals surface area contributed by atoms with Crippen LogP contribution in [0, 0.1) is 11.3 Å². The van der Waals surface area contributed by atoms with Gasteiger partial charge in [0, 0.05) is 28.0 Å². The van der Waals surface area contributed by atoms with E-state index in [1.54, 1.807) is 6.07 Å². The fourth-order valence-electron chi connectivity index (χ4n) is 2.77. The molecule has 6 nitrogen and oxygen atoms in total. The molecule has 0 aliphatic heterocycles. The number of guanidine groups is 1. The molecule has 0 aliphatic rings. The molecule has 4 rings (SSSR count). The second-order valence-electron chi connectivity index (χ2n) is 5.92. The highest BCUT2D eigenvalue weighted by atomic mass is 35.5. The number of benzene rings is 2. The van der Waals surface area contributed by atoms with E-state index in [1.165, 1.54) is 11.3 Å². The lowest BCUT2D eigenvalue weighted by Gasteiger charge is -2.02. The molecule has 8 heteroatoms. The molecule has 4 aromatic rings. The first kappa shape index (κ1) is 19.4. The van der Waals surface area contributed by atoms with Gasteiger partial charge in [0.1, 0.15) is 0 Å². The summed E-state index contributed by atoms with van der Waals surface area (Å²) in [5.41, 5.74) is 10.4. The zero-order valence-corrected chi connectivity index (χ0v) is 16.3. The second-order valence-corrected chi connectivity index (χ2v) is 6.78. The number of nitrogens with two attached hydrogens (primary N) is 1. The summed E-state index contributed by atoms with van der Waals surface area (Å²) in [6, 6.07) is 17.7. The van der Waals surface area contributed by atoms with Crippen LogP contribution in [0.25, 0.3) is 22.2 Å². The number of halogens is 1. The summed E-state index contributed by atoms with van der Waals surface area (Å²) in [6.07, 6.45) is 1.90. The van der Waals surface area contributed by atoms with Crippen molar-refractivity contribution in [3.05, 3.63) is 71.2 Å². The van der Waals surface area contributed by atoms with E-state index in [-0.39, 0.29) is 12.4 Å². The molecule has 0 aliphatic carbocycles. The molecule has 0 bridgehead atoms. The van der Waals surface area contributed by atoms with Crippen molar-refractivity contribution in [2.24, 2.45) is 10.7 Å². The predicted octanol–water partition coefficient (Wildman–Crippen LogP) is 4.51. The minimum absolute atomic E-state index is 0. The summed E-state index contributed by atoms with van der Waals surface area (Å²) < 4.78 is 0. The highest BCUT2D eigenvalue weighted by Gasteiger charge is 2.11. The van der Waals surface area contributed by atoms with Crippen molar-refractivity contribution in [3.63, 3.8) is 0 Å². The highest BCUT2D eigenvalue weighted by Crippen LogP contribution is 2.31. The maximum Gasteiger partial charge on any atom is 0.195 e. The molecule has 2 heterocycles. The van der Waals surface area contributed by atoms with Gasteiger partial charge in [0.15, 0.2) is 11.1 Å². The maximum absolute atomic E-state index is 9.12. The molecule has 0 saturated heterocycles. The average Bonchev–Trinajstić information content (AvgIpc) is 3.33. The fourth-order valence-corrected chi connectivity index (χ4v) is 3.48. The molecule has 28 heavy (non-hydrogen) atoms. The topological polar surface area (TPSA) is 103 Å². The van der Waals surface area contributed by atoms with Gasteiger partial charge in [0.05, 0.1) is 23.9 Å². The summed E-state index contributed by atoms with van der Waals surface area (Å²) in [4.78, 5) is 12.2. The van der Waals surface area contributed by atoms with E-state index in [0.29, 0.717) is 23.2 Å². The molecule has 4 N–H and O–H groups in total. The van der Waals surface area contributed by atoms with E-state index in [2.05, 4.69) is 26.3 Å². The van der Waals surface area contributed by atoms with Gasteiger partial charge in [-0.1, -0.05) is 30.3 Å². The van der Waals surface area contributed by atoms with E-state index in [4.69, 9.17) is 11.0 Å². The van der Waals surface area contributed by atoms with Crippen LogP contribution in [-0.2, 0) is 6.54 Å². The zero-order valence-electron chi connectivity index (χ0n) is 14.7. The van der Waals surface area contributed by atoms with Crippen molar-refractivity contribution in [3.8, 4) is 17.3 Å². The first-order chi connectivity index (χ1) is 13.2. The highest BCUT2D eigenvalue weighted by molar-refractivity contribution is 7.14. The molecule has 0 radical (unpaired) electrons.